The molecule has 1 amide bonds. The van der Waals surface area contributed by atoms with Gasteiger partial charge in [0.15, 0.2) is 0 Å². The van der Waals surface area contributed by atoms with E-state index in [0.717, 1.165) is 16.9 Å². The van der Waals surface area contributed by atoms with Gasteiger partial charge in [-0.05, 0) is 54.8 Å². The third-order valence-electron chi connectivity index (χ3n) is 3.91. The van der Waals surface area contributed by atoms with Crippen molar-refractivity contribution in [2.45, 2.75) is 13.3 Å². The molecule has 0 radical (unpaired) electrons. The van der Waals surface area contributed by atoms with Crippen LogP contribution < -0.4 is 14.8 Å². The molecule has 120 valence electrons. The van der Waals surface area contributed by atoms with E-state index in [9.17, 15) is 4.79 Å². The summed E-state index contributed by atoms with van der Waals surface area (Å²) < 4.78 is 11.0. The molecule has 0 spiro atoms. The second-order valence-corrected chi connectivity index (χ2v) is 6.09. The lowest BCUT2D eigenvalue weighted by molar-refractivity contribution is -0.121. The van der Waals surface area contributed by atoms with Gasteiger partial charge >= 0.3 is 0 Å². The Kier molecular flexibility index (Phi) is 4.44. The fraction of sp³-hybridized carbons (Fsp3) is 0.278. The van der Waals surface area contributed by atoms with Crippen molar-refractivity contribution in [2.24, 2.45) is 5.92 Å². The second kappa shape index (κ2) is 6.50. The molecule has 1 N–H and O–H groups in total. The van der Waals surface area contributed by atoms with Crippen LogP contribution in [0.5, 0.6) is 11.5 Å². The first-order chi connectivity index (χ1) is 11.1. The summed E-state index contributed by atoms with van der Waals surface area (Å²) in [6, 6.07) is 11.2. The number of aryl methyl sites for hydroxylation is 1. The minimum Gasteiger partial charge on any atom is -0.495 e. The van der Waals surface area contributed by atoms with Crippen molar-refractivity contribution < 1.29 is 14.3 Å². The van der Waals surface area contributed by atoms with E-state index in [1.54, 1.807) is 13.2 Å². The lowest BCUT2D eigenvalue weighted by Crippen LogP contribution is -2.32. The van der Waals surface area contributed by atoms with Crippen molar-refractivity contribution >= 4 is 23.2 Å². The average molecular weight is 332 g/mol. The molecule has 3 rings (SSSR count). The number of carbonyl (C=O) groups is 1. The van der Waals surface area contributed by atoms with E-state index >= 15 is 0 Å². The van der Waals surface area contributed by atoms with Gasteiger partial charge in [-0.15, -0.1) is 0 Å². The number of anilines is 1. The molecule has 23 heavy (non-hydrogen) atoms. The van der Waals surface area contributed by atoms with Gasteiger partial charge in [0, 0.05) is 5.02 Å². The lowest BCUT2D eigenvalue weighted by atomic mass is 9.96. The van der Waals surface area contributed by atoms with Crippen LogP contribution in [0.15, 0.2) is 36.4 Å². The lowest BCUT2D eigenvalue weighted by Gasteiger charge is -2.25. The highest BCUT2D eigenvalue weighted by molar-refractivity contribution is 6.30. The number of halogens is 1. The molecular formula is C18H18ClNO3. The van der Waals surface area contributed by atoms with E-state index in [1.807, 2.05) is 37.3 Å². The quantitative estimate of drug-likeness (QED) is 0.929. The summed E-state index contributed by atoms with van der Waals surface area (Å²) in [6.45, 7) is 2.33. The first kappa shape index (κ1) is 15.7. The number of carbonyl (C=O) groups excluding carboxylic acids is 1. The van der Waals surface area contributed by atoms with Crippen LogP contribution in [0.1, 0.15) is 11.1 Å². The van der Waals surface area contributed by atoms with Crippen LogP contribution in [0.2, 0.25) is 5.02 Å². The molecule has 1 aliphatic heterocycles. The minimum absolute atomic E-state index is 0.0838. The Morgan fingerprint density at radius 1 is 1.30 bits per heavy atom. The molecule has 1 unspecified atom stereocenters. The van der Waals surface area contributed by atoms with Gasteiger partial charge in [-0.1, -0.05) is 17.7 Å². The highest BCUT2D eigenvalue weighted by Crippen LogP contribution is 2.31. The Hall–Kier alpha value is -2.20. The molecule has 0 aliphatic carbocycles. The molecule has 4 nitrogen and oxygen atoms in total. The molecule has 2 aromatic carbocycles. The topological polar surface area (TPSA) is 47.6 Å². The Bertz CT molecular complexity index is 745. The second-order valence-electron chi connectivity index (χ2n) is 5.66. The fourth-order valence-corrected chi connectivity index (χ4v) is 2.88. The third-order valence-corrected chi connectivity index (χ3v) is 4.15. The van der Waals surface area contributed by atoms with Crippen molar-refractivity contribution in [3.63, 3.8) is 0 Å². The van der Waals surface area contributed by atoms with Gasteiger partial charge in [-0.25, -0.2) is 0 Å². The van der Waals surface area contributed by atoms with Crippen molar-refractivity contribution in [1.29, 1.82) is 0 Å². The van der Waals surface area contributed by atoms with Crippen LogP contribution in [0.3, 0.4) is 0 Å². The molecule has 5 heteroatoms. The molecular weight excluding hydrogens is 314 g/mol. The van der Waals surface area contributed by atoms with Crippen molar-refractivity contribution in [1.82, 2.24) is 0 Å². The summed E-state index contributed by atoms with van der Waals surface area (Å²) in [5.41, 5.74) is 2.69. The molecule has 1 heterocycles. The number of ether oxygens (including phenoxy) is 2. The Morgan fingerprint density at radius 2 is 2.13 bits per heavy atom. The Labute approximate surface area is 140 Å². The number of benzene rings is 2. The molecule has 0 saturated carbocycles. The first-order valence-electron chi connectivity index (χ1n) is 7.43. The van der Waals surface area contributed by atoms with Gasteiger partial charge < -0.3 is 14.8 Å². The molecule has 1 atom stereocenters. The van der Waals surface area contributed by atoms with E-state index in [2.05, 4.69) is 5.32 Å². The van der Waals surface area contributed by atoms with Crippen LogP contribution in [0.4, 0.5) is 5.69 Å². The number of amides is 1. The molecule has 0 bridgehead atoms. The van der Waals surface area contributed by atoms with Crippen LogP contribution in [0.25, 0.3) is 0 Å². The molecule has 1 aliphatic rings. The summed E-state index contributed by atoms with van der Waals surface area (Å²) in [5, 5.41) is 3.59. The molecule has 0 saturated heterocycles. The maximum Gasteiger partial charge on any atom is 0.231 e. The van der Waals surface area contributed by atoms with Crippen LogP contribution in [-0.2, 0) is 11.2 Å². The summed E-state index contributed by atoms with van der Waals surface area (Å²) >= 11 is 6.02. The number of nitrogens with one attached hydrogen (secondary N) is 1. The smallest absolute Gasteiger partial charge is 0.231 e. The van der Waals surface area contributed by atoms with Gasteiger partial charge in [-0.2, -0.15) is 0 Å². The van der Waals surface area contributed by atoms with Crippen molar-refractivity contribution in [2.75, 3.05) is 19.0 Å². The van der Waals surface area contributed by atoms with Gasteiger partial charge in [0.2, 0.25) is 5.91 Å². The normalized spacial score (nSPS) is 16.2. The van der Waals surface area contributed by atoms with Gasteiger partial charge in [0.25, 0.3) is 0 Å². The highest BCUT2D eigenvalue weighted by Gasteiger charge is 2.26. The summed E-state index contributed by atoms with van der Waals surface area (Å²) in [7, 11) is 1.59. The first-order valence-corrected chi connectivity index (χ1v) is 7.81. The van der Waals surface area contributed by atoms with Gasteiger partial charge in [0.1, 0.15) is 18.1 Å². The largest absolute Gasteiger partial charge is 0.495 e. The maximum absolute atomic E-state index is 12.6. The summed E-state index contributed by atoms with van der Waals surface area (Å²) in [6.07, 6.45) is 0.607. The zero-order valence-electron chi connectivity index (χ0n) is 13.1. The van der Waals surface area contributed by atoms with E-state index in [1.165, 1.54) is 0 Å². The zero-order chi connectivity index (χ0) is 16.4. The van der Waals surface area contributed by atoms with Crippen LogP contribution in [0, 0.1) is 12.8 Å². The summed E-state index contributed by atoms with van der Waals surface area (Å²) in [5.74, 6) is 1.10. The SMILES string of the molecule is COc1ccc(C)cc1NC(=O)C1COc2ccc(Cl)cc2C1. The van der Waals surface area contributed by atoms with E-state index in [0.29, 0.717) is 29.5 Å². The van der Waals surface area contributed by atoms with E-state index < -0.39 is 0 Å². The average Bonchev–Trinajstić information content (AvgIpc) is 2.54. The number of hydrogen-bond acceptors (Lipinski definition) is 3. The van der Waals surface area contributed by atoms with Gasteiger partial charge in [-0.3, -0.25) is 4.79 Å². The number of rotatable bonds is 3. The fourth-order valence-electron chi connectivity index (χ4n) is 2.69. The maximum atomic E-state index is 12.6. The molecule has 0 fully saturated rings. The predicted molar refractivity (Wildman–Crippen MR) is 90.5 cm³/mol. The van der Waals surface area contributed by atoms with Gasteiger partial charge in [0.05, 0.1) is 18.7 Å². The standard InChI is InChI=1S/C18H18ClNO3/c1-11-3-5-17(22-2)15(7-11)20-18(21)13-8-12-9-14(19)4-6-16(12)23-10-13/h3-7,9,13H,8,10H2,1-2H3,(H,20,21). The number of hydrogen-bond donors (Lipinski definition) is 1. The predicted octanol–water partition coefficient (Wildman–Crippen LogP) is 3.85. The highest BCUT2D eigenvalue weighted by atomic mass is 35.5. The number of methoxy groups -OCH3 is 1. The minimum atomic E-state index is -0.258. The monoisotopic (exact) mass is 331 g/mol. The Balaban J connectivity index is 1.76. The van der Waals surface area contributed by atoms with Crippen LogP contribution in [-0.4, -0.2) is 19.6 Å². The van der Waals surface area contributed by atoms with Crippen molar-refractivity contribution in [3.8, 4) is 11.5 Å². The van der Waals surface area contributed by atoms with Crippen molar-refractivity contribution in [3.05, 3.63) is 52.5 Å². The van der Waals surface area contributed by atoms with E-state index in [4.69, 9.17) is 21.1 Å². The zero-order valence-corrected chi connectivity index (χ0v) is 13.8. The number of fused-ring (bicyclic) bond motifs is 1. The van der Waals surface area contributed by atoms with Crippen LogP contribution >= 0.6 is 11.6 Å². The van der Waals surface area contributed by atoms with E-state index in [-0.39, 0.29) is 11.8 Å². The third kappa shape index (κ3) is 3.42. The molecule has 0 aromatic heterocycles. The Morgan fingerprint density at radius 3 is 2.91 bits per heavy atom. The molecule has 2 aromatic rings. The summed E-state index contributed by atoms with van der Waals surface area (Å²) in [4.78, 5) is 12.6.